The molecule has 54 heavy (non-hydrogen) atoms. The SMILES string of the molecule is CCc1c(F)ccc2cc(OCOCc3ccccc3)cc(-c3ncc4c(N5C[C@@H]6C[C@H](C5)[C@H](O)C6)nc(OC[C@@]56CCCN5C[C@H](F)C6)nc4c3F)c12. The Balaban J connectivity index is 1.12. The minimum Gasteiger partial charge on any atom is -0.467 e. The molecule has 3 aliphatic heterocycles. The van der Waals surface area contributed by atoms with Gasteiger partial charge in [-0.3, -0.25) is 9.88 Å². The number of anilines is 1. The lowest BCUT2D eigenvalue weighted by Gasteiger charge is -2.34. The second-order valence-electron chi connectivity index (χ2n) is 15.5. The molecule has 9 nitrogen and oxygen atoms in total. The lowest BCUT2D eigenvalue weighted by Crippen LogP contribution is -2.43. The van der Waals surface area contributed by atoms with Crippen LogP contribution in [-0.2, 0) is 17.8 Å². The molecule has 0 unspecified atom stereocenters. The molecular formula is C42H44F3N5O4. The third-order valence-corrected chi connectivity index (χ3v) is 12.0. The second-order valence-corrected chi connectivity index (χ2v) is 15.5. The number of rotatable bonds is 11. The van der Waals surface area contributed by atoms with E-state index >= 15 is 8.78 Å². The van der Waals surface area contributed by atoms with E-state index in [4.69, 9.17) is 24.2 Å². The summed E-state index contributed by atoms with van der Waals surface area (Å²) in [7, 11) is 0. The van der Waals surface area contributed by atoms with Gasteiger partial charge < -0.3 is 24.2 Å². The van der Waals surface area contributed by atoms with Gasteiger partial charge >= 0.3 is 6.01 Å². The van der Waals surface area contributed by atoms with E-state index < -0.39 is 29.4 Å². The molecule has 3 saturated heterocycles. The third-order valence-electron chi connectivity index (χ3n) is 12.0. The predicted octanol–water partition coefficient (Wildman–Crippen LogP) is 7.40. The summed E-state index contributed by atoms with van der Waals surface area (Å²) in [6.07, 6.45) is 4.42. The van der Waals surface area contributed by atoms with Crippen LogP contribution in [0.15, 0.2) is 60.8 Å². The monoisotopic (exact) mass is 739 g/mol. The van der Waals surface area contributed by atoms with Crippen molar-refractivity contribution in [2.45, 2.75) is 69.9 Å². The number of piperidine rings is 1. The highest BCUT2D eigenvalue weighted by molar-refractivity contribution is 6.01. The molecule has 3 aromatic carbocycles. The van der Waals surface area contributed by atoms with Gasteiger partial charge in [0.2, 0.25) is 0 Å². The quantitative estimate of drug-likeness (QED) is 0.110. The first kappa shape index (κ1) is 35.2. The molecule has 5 heterocycles. The molecule has 9 rings (SSSR count). The Labute approximate surface area is 312 Å². The Kier molecular flexibility index (Phi) is 9.31. The highest BCUT2D eigenvalue weighted by Crippen LogP contribution is 2.44. The number of alkyl halides is 1. The van der Waals surface area contributed by atoms with E-state index in [0.29, 0.717) is 84.4 Å². The average molecular weight is 740 g/mol. The number of ether oxygens (including phenoxy) is 3. The molecule has 2 bridgehead atoms. The maximum atomic E-state index is 17.3. The van der Waals surface area contributed by atoms with Crippen molar-refractivity contribution in [1.29, 1.82) is 0 Å². The van der Waals surface area contributed by atoms with Crippen LogP contribution in [0.2, 0.25) is 0 Å². The molecule has 1 N–H and O–H groups in total. The van der Waals surface area contributed by atoms with E-state index in [9.17, 15) is 9.50 Å². The molecule has 4 aliphatic rings. The minimum absolute atomic E-state index is 0.00773. The van der Waals surface area contributed by atoms with Crippen LogP contribution in [0.4, 0.5) is 19.0 Å². The van der Waals surface area contributed by atoms with E-state index in [0.717, 1.165) is 31.4 Å². The third kappa shape index (κ3) is 6.41. The summed E-state index contributed by atoms with van der Waals surface area (Å²) >= 11 is 0. The number of nitrogens with zero attached hydrogens (tertiary/aromatic N) is 5. The van der Waals surface area contributed by atoms with Gasteiger partial charge in [0.05, 0.1) is 23.6 Å². The first-order valence-electron chi connectivity index (χ1n) is 19.1. The average Bonchev–Trinajstić information content (AvgIpc) is 3.80. The van der Waals surface area contributed by atoms with Gasteiger partial charge in [0.15, 0.2) is 12.6 Å². The number of pyridine rings is 1. The number of aromatic nitrogens is 3. The molecule has 2 aromatic heterocycles. The van der Waals surface area contributed by atoms with Gasteiger partial charge in [0.1, 0.15) is 41.4 Å². The fourth-order valence-corrected chi connectivity index (χ4v) is 9.51. The lowest BCUT2D eigenvalue weighted by molar-refractivity contribution is 0.00514. The first-order chi connectivity index (χ1) is 26.3. The maximum absolute atomic E-state index is 17.3. The fraction of sp³-hybridized carbons (Fsp3) is 0.452. The molecule has 0 amide bonds. The van der Waals surface area contributed by atoms with Gasteiger partial charge in [0, 0.05) is 43.7 Å². The van der Waals surface area contributed by atoms with Crippen LogP contribution in [0.25, 0.3) is 32.9 Å². The summed E-state index contributed by atoms with van der Waals surface area (Å²) in [4.78, 5) is 18.5. The number of hydrogen-bond donors (Lipinski definition) is 1. The zero-order chi connectivity index (χ0) is 37.0. The van der Waals surface area contributed by atoms with E-state index in [-0.39, 0.29) is 42.5 Å². The number of benzene rings is 3. The van der Waals surface area contributed by atoms with E-state index in [1.54, 1.807) is 24.4 Å². The highest BCUT2D eigenvalue weighted by atomic mass is 19.1. The summed E-state index contributed by atoms with van der Waals surface area (Å²) in [5.41, 5.74) is 1.37. The van der Waals surface area contributed by atoms with Gasteiger partial charge in [-0.05, 0) is 84.7 Å². The summed E-state index contributed by atoms with van der Waals surface area (Å²) in [5.74, 6) is 0.177. The molecule has 5 atom stereocenters. The zero-order valence-corrected chi connectivity index (χ0v) is 30.3. The number of halogens is 3. The molecule has 282 valence electrons. The van der Waals surface area contributed by atoms with E-state index in [1.165, 1.54) is 6.07 Å². The predicted molar refractivity (Wildman–Crippen MR) is 199 cm³/mol. The maximum Gasteiger partial charge on any atom is 0.319 e. The van der Waals surface area contributed by atoms with Crippen LogP contribution in [0, 0.1) is 23.5 Å². The molecule has 0 spiro atoms. The number of aliphatic hydroxyl groups excluding tert-OH is 1. The van der Waals surface area contributed by atoms with Crippen molar-refractivity contribution in [3.05, 3.63) is 83.6 Å². The number of fused-ring (bicyclic) bond motifs is 5. The number of hydrogen-bond acceptors (Lipinski definition) is 9. The fourth-order valence-electron chi connectivity index (χ4n) is 9.51. The largest absolute Gasteiger partial charge is 0.467 e. The Morgan fingerprint density at radius 2 is 1.87 bits per heavy atom. The lowest BCUT2D eigenvalue weighted by atomic mass is 9.94. The normalized spacial score (nSPS) is 25.2. The number of aryl methyl sites for hydroxylation is 1. The van der Waals surface area contributed by atoms with Crippen LogP contribution in [-0.4, -0.2) is 82.4 Å². The summed E-state index contributed by atoms with van der Waals surface area (Å²) in [6.45, 7) is 4.75. The van der Waals surface area contributed by atoms with Crippen LogP contribution in [0.1, 0.15) is 50.2 Å². The van der Waals surface area contributed by atoms with Crippen LogP contribution in [0.3, 0.4) is 0 Å². The van der Waals surface area contributed by atoms with E-state index in [2.05, 4.69) is 14.8 Å². The minimum atomic E-state index is -0.925. The summed E-state index contributed by atoms with van der Waals surface area (Å²) in [6, 6.07) is 16.3. The van der Waals surface area contributed by atoms with E-state index in [1.807, 2.05) is 37.3 Å². The Hall–Kier alpha value is -4.52. The van der Waals surface area contributed by atoms with Crippen molar-refractivity contribution >= 4 is 27.5 Å². The van der Waals surface area contributed by atoms with Crippen molar-refractivity contribution in [3.8, 4) is 23.0 Å². The van der Waals surface area contributed by atoms with Crippen molar-refractivity contribution in [1.82, 2.24) is 19.9 Å². The highest BCUT2D eigenvalue weighted by Gasteiger charge is 2.49. The van der Waals surface area contributed by atoms with Crippen molar-refractivity contribution < 1.29 is 32.5 Å². The van der Waals surface area contributed by atoms with Gasteiger partial charge in [-0.25, -0.2) is 13.2 Å². The molecule has 1 saturated carbocycles. The first-order valence-corrected chi connectivity index (χ1v) is 19.1. The van der Waals surface area contributed by atoms with Gasteiger partial charge in [-0.15, -0.1) is 0 Å². The summed E-state index contributed by atoms with van der Waals surface area (Å²) < 4.78 is 65.5. The van der Waals surface area contributed by atoms with Crippen LogP contribution in [0.5, 0.6) is 11.8 Å². The topological polar surface area (TPSA) is 93.1 Å². The van der Waals surface area contributed by atoms with Gasteiger partial charge in [0.25, 0.3) is 0 Å². The molecule has 1 aliphatic carbocycles. The molecule has 4 fully saturated rings. The Morgan fingerprint density at radius 3 is 2.70 bits per heavy atom. The Bertz CT molecular complexity index is 2190. The van der Waals surface area contributed by atoms with Gasteiger partial charge in [-0.1, -0.05) is 43.3 Å². The van der Waals surface area contributed by atoms with Gasteiger partial charge in [-0.2, -0.15) is 9.97 Å². The molecular weight excluding hydrogens is 695 g/mol. The Morgan fingerprint density at radius 1 is 1.00 bits per heavy atom. The molecule has 12 heteroatoms. The van der Waals surface area contributed by atoms with Crippen LogP contribution < -0.4 is 14.4 Å². The van der Waals surface area contributed by atoms with Crippen LogP contribution >= 0.6 is 0 Å². The number of aliphatic hydroxyl groups is 1. The zero-order valence-electron chi connectivity index (χ0n) is 30.3. The standard InChI is InChI=1S/C42H44F3N5O4/c1-2-31-34(44)10-9-27-15-30(54-24-52-22-25-7-4-3-5-8-25)16-32(36(27)31)38-37(45)39-33(18-46-38)40(49-19-26-13-28(20-49)35(51)14-26)48-41(47-39)53-23-42-11-6-12-50(42)21-29(43)17-42/h3-5,7-10,15-16,18,26,28-29,35,51H,2,6,11-14,17,19-24H2,1H3/t26-,28-,29-,35-,42+/m1/s1. The molecule has 0 radical (unpaired) electrons. The second kappa shape index (κ2) is 14.3. The van der Waals surface area contributed by atoms with Crippen molar-refractivity contribution in [3.63, 3.8) is 0 Å². The smallest absolute Gasteiger partial charge is 0.319 e. The van der Waals surface area contributed by atoms with Crippen molar-refractivity contribution in [2.75, 3.05) is 44.5 Å². The van der Waals surface area contributed by atoms with Crippen molar-refractivity contribution in [2.24, 2.45) is 11.8 Å². The summed E-state index contributed by atoms with van der Waals surface area (Å²) in [5, 5.41) is 12.3. The molecule has 5 aromatic rings.